The maximum Gasteiger partial charge on any atom is 0 e. The van der Waals surface area contributed by atoms with Crippen LogP contribution in [0.5, 0.6) is 0 Å². The molecule has 0 saturated carbocycles. The topological polar surface area (TPSA) is 0 Å². The largest absolute Gasteiger partial charge is 0.394 e. The van der Waals surface area contributed by atoms with Crippen molar-refractivity contribution in [3.05, 3.63) is 24.3 Å². The molecule has 0 nitrogen and oxygen atoms in total. The minimum Gasteiger partial charge on any atom is -0.394 e. The van der Waals surface area contributed by atoms with Gasteiger partial charge < -0.3 is 24.3 Å². The summed E-state index contributed by atoms with van der Waals surface area (Å²) in [7, 11) is 0. The van der Waals surface area contributed by atoms with Crippen LogP contribution in [-0.4, -0.2) is 0 Å². The zero-order valence-corrected chi connectivity index (χ0v) is 7.69. The van der Waals surface area contributed by atoms with E-state index in [9.17, 15) is 0 Å². The molecule has 0 heterocycles. The van der Waals surface area contributed by atoms with Gasteiger partial charge in [0.25, 0.3) is 0 Å². The van der Waals surface area contributed by atoms with Crippen molar-refractivity contribution >= 4 is 0 Å². The monoisotopic (exact) mass is 181 g/mol. The number of hydrogen-bond acceptors (Lipinski definition) is 0. The minimum atomic E-state index is 0. The molecule has 0 aromatic rings. The molecule has 0 saturated heterocycles. The van der Waals surface area contributed by atoms with E-state index in [1.807, 2.05) is 0 Å². The predicted octanol–water partition coefficient (Wildman–Crippen LogP) is 1.89. The SMILES string of the molecule is [CH-]=CC1=[C-]CCC1.[Y]. The molecule has 41 valence electrons. The van der Waals surface area contributed by atoms with Crippen molar-refractivity contribution in [1.29, 1.82) is 0 Å². The third-order valence-electron chi connectivity index (χ3n) is 1.18. The molecule has 1 aliphatic rings. The molecule has 0 atom stereocenters. The molecular formula is C7H8Y-2. The van der Waals surface area contributed by atoms with Crippen molar-refractivity contribution in [2.45, 2.75) is 19.3 Å². The molecule has 8 heavy (non-hydrogen) atoms. The summed E-state index contributed by atoms with van der Waals surface area (Å²) in [6.45, 7) is 5.21. The smallest absolute Gasteiger partial charge is 0 e. The van der Waals surface area contributed by atoms with Crippen molar-refractivity contribution in [2.75, 3.05) is 0 Å². The Morgan fingerprint density at radius 2 is 2.38 bits per heavy atom. The van der Waals surface area contributed by atoms with Crippen LogP contribution in [0.3, 0.4) is 0 Å². The fourth-order valence-electron chi connectivity index (χ4n) is 0.758. The Morgan fingerprint density at radius 3 is 2.62 bits per heavy atom. The van der Waals surface area contributed by atoms with Gasteiger partial charge in [-0.25, -0.2) is 0 Å². The van der Waals surface area contributed by atoms with Crippen LogP contribution in [-0.2, 0) is 32.7 Å². The van der Waals surface area contributed by atoms with Gasteiger partial charge >= 0.3 is 0 Å². The van der Waals surface area contributed by atoms with E-state index in [1.54, 1.807) is 6.08 Å². The zero-order chi connectivity index (χ0) is 5.11. The van der Waals surface area contributed by atoms with Gasteiger partial charge in [-0.05, 0) is 0 Å². The molecule has 0 aliphatic heterocycles. The van der Waals surface area contributed by atoms with E-state index >= 15 is 0 Å². The van der Waals surface area contributed by atoms with E-state index in [-0.39, 0.29) is 32.7 Å². The van der Waals surface area contributed by atoms with E-state index in [4.69, 9.17) is 6.58 Å². The van der Waals surface area contributed by atoms with Crippen LogP contribution in [0.4, 0.5) is 0 Å². The van der Waals surface area contributed by atoms with Crippen molar-refractivity contribution in [3.63, 3.8) is 0 Å². The Hall–Kier alpha value is 0.584. The molecule has 0 fully saturated rings. The summed E-state index contributed by atoms with van der Waals surface area (Å²) >= 11 is 0. The van der Waals surface area contributed by atoms with Gasteiger partial charge in [-0.2, -0.15) is 0 Å². The second-order valence-corrected chi connectivity index (χ2v) is 1.72. The van der Waals surface area contributed by atoms with Crippen molar-refractivity contribution in [2.24, 2.45) is 0 Å². The minimum absolute atomic E-state index is 0. The van der Waals surface area contributed by atoms with Gasteiger partial charge in [0.1, 0.15) is 0 Å². The van der Waals surface area contributed by atoms with E-state index < -0.39 is 0 Å². The van der Waals surface area contributed by atoms with E-state index in [2.05, 4.69) is 6.08 Å². The zero-order valence-electron chi connectivity index (χ0n) is 4.85. The summed E-state index contributed by atoms with van der Waals surface area (Å²) in [6, 6.07) is 0. The molecule has 0 amide bonds. The summed E-state index contributed by atoms with van der Waals surface area (Å²) in [6.07, 6.45) is 8.26. The fourth-order valence-corrected chi connectivity index (χ4v) is 0.758. The van der Waals surface area contributed by atoms with E-state index in [1.165, 1.54) is 12.0 Å². The Morgan fingerprint density at radius 1 is 1.62 bits per heavy atom. The number of rotatable bonds is 1. The quantitative estimate of drug-likeness (QED) is 0.542. The van der Waals surface area contributed by atoms with Gasteiger partial charge in [-0.15, -0.1) is 12.8 Å². The maximum atomic E-state index is 5.21. The second-order valence-electron chi connectivity index (χ2n) is 1.72. The molecule has 0 unspecified atom stereocenters. The molecule has 1 rings (SSSR count). The van der Waals surface area contributed by atoms with Gasteiger partial charge in [-0.3, -0.25) is 0 Å². The Labute approximate surface area is 75.9 Å². The van der Waals surface area contributed by atoms with Crippen LogP contribution in [0, 0.1) is 12.7 Å². The number of allylic oxidation sites excluding steroid dienone is 3. The molecule has 1 aliphatic carbocycles. The first kappa shape index (κ1) is 8.58. The first-order valence-corrected chi connectivity index (χ1v) is 2.58. The Balaban J connectivity index is 0.000000490. The van der Waals surface area contributed by atoms with Crippen LogP contribution in [0.15, 0.2) is 11.6 Å². The molecule has 1 heteroatoms. The number of hydrogen-bond donors (Lipinski definition) is 0. The first-order valence-electron chi connectivity index (χ1n) is 2.58. The molecule has 0 N–H and O–H groups in total. The summed E-state index contributed by atoms with van der Waals surface area (Å²) in [5.74, 6) is 0. The first-order chi connectivity index (χ1) is 3.43. The van der Waals surface area contributed by atoms with Gasteiger partial charge in [-0.1, -0.05) is 6.42 Å². The fraction of sp³-hybridized carbons (Fsp3) is 0.429. The molecule has 0 bridgehead atoms. The Kier molecular flexibility index (Phi) is 4.79. The van der Waals surface area contributed by atoms with Crippen LogP contribution >= 0.6 is 0 Å². The molecular weight excluding hydrogens is 173 g/mol. The van der Waals surface area contributed by atoms with Gasteiger partial charge in [0.15, 0.2) is 0 Å². The average Bonchev–Trinajstić information content (AvgIpc) is 2.14. The van der Waals surface area contributed by atoms with Gasteiger partial charge in [0, 0.05) is 32.7 Å². The van der Waals surface area contributed by atoms with E-state index in [0.717, 1.165) is 12.8 Å². The van der Waals surface area contributed by atoms with Crippen LogP contribution < -0.4 is 0 Å². The van der Waals surface area contributed by atoms with Crippen molar-refractivity contribution in [3.8, 4) is 0 Å². The van der Waals surface area contributed by atoms with Crippen molar-refractivity contribution < 1.29 is 32.7 Å². The third-order valence-corrected chi connectivity index (χ3v) is 1.18. The van der Waals surface area contributed by atoms with Crippen LogP contribution in [0.25, 0.3) is 0 Å². The molecule has 0 aromatic heterocycles. The third kappa shape index (κ3) is 2.23. The van der Waals surface area contributed by atoms with Crippen LogP contribution in [0.1, 0.15) is 19.3 Å². The predicted molar refractivity (Wildman–Crippen MR) is 29.5 cm³/mol. The standard InChI is InChI=1S/C7H8.Y/c1-2-7-5-3-4-6-7;/h1-2H,3-5H2;/q-2;. The Bertz CT molecular complexity index is 103. The summed E-state index contributed by atoms with van der Waals surface area (Å²) in [4.78, 5) is 0. The van der Waals surface area contributed by atoms with Crippen molar-refractivity contribution in [1.82, 2.24) is 0 Å². The average molecular weight is 181 g/mol. The molecule has 0 spiro atoms. The van der Waals surface area contributed by atoms with Gasteiger partial charge in [0.05, 0.1) is 0 Å². The molecule has 0 aromatic carbocycles. The van der Waals surface area contributed by atoms with E-state index in [0.29, 0.717) is 0 Å². The normalized spacial score (nSPS) is 16.8. The second kappa shape index (κ2) is 4.46. The summed E-state index contributed by atoms with van der Waals surface area (Å²) in [5.41, 5.74) is 1.19. The summed E-state index contributed by atoms with van der Waals surface area (Å²) < 4.78 is 0. The molecule has 1 radical (unpaired) electrons. The maximum absolute atomic E-state index is 5.21. The van der Waals surface area contributed by atoms with Crippen LogP contribution in [0.2, 0.25) is 0 Å². The van der Waals surface area contributed by atoms with Gasteiger partial charge in [0.2, 0.25) is 0 Å². The summed E-state index contributed by atoms with van der Waals surface area (Å²) in [5, 5.41) is 0.